The van der Waals surface area contributed by atoms with Gasteiger partial charge >= 0.3 is 0 Å². The fraction of sp³-hybridized carbons (Fsp3) is 0.333. The van der Waals surface area contributed by atoms with Crippen LogP contribution in [0, 0.1) is 0 Å². The first-order valence-corrected chi connectivity index (χ1v) is 7.52. The molecule has 21 heavy (non-hydrogen) atoms. The van der Waals surface area contributed by atoms with Gasteiger partial charge in [0.1, 0.15) is 11.5 Å². The first kappa shape index (κ1) is 15.2. The van der Waals surface area contributed by atoms with Crippen molar-refractivity contribution in [3.63, 3.8) is 0 Å². The van der Waals surface area contributed by atoms with Crippen LogP contribution < -0.4 is 10.1 Å². The normalized spacial score (nSPS) is 10.3. The molecule has 3 nitrogen and oxygen atoms in total. The van der Waals surface area contributed by atoms with Crippen LogP contribution in [0.5, 0.6) is 11.5 Å². The van der Waals surface area contributed by atoms with Gasteiger partial charge in [0.2, 0.25) is 0 Å². The number of anilines is 1. The second kappa shape index (κ2) is 8.20. The summed E-state index contributed by atoms with van der Waals surface area (Å²) in [6.45, 7) is 3.73. The average molecular weight is 285 g/mol. The van der Waals surface area contributed by atoms with Gasteiger partial charge in [-0.1, -0.05) is 31.9 Å². The highest BCUT2D eigenvalue weighted by molar-refractivity contribution is 5.46. The Morgan fingerprint density at radius 1 is 0.952 bits per heavy atom. The molecule has 0 saturated heterocycles. The maximum Gasteiger partial charge on any atom is 0.119 e. The number of hydrogen-bond acceptors (Lipinski definition) is 3. The summed E-state index contributed by atoms with van der Waals surface area (Å²) in [6, 6.07) is 15.2. The molecule has 0 unspecified atom stereocenters. The van der Waals surface area contributed by atoms with E-state index in [1.807, 2.05) is 24.3 Å². The standard InChI is InChI=1S/C18H23NO2/c1-2-3-4-13-21-18-11-5-15(6-12-18)14-19-16-7-9-17(20)10-8-16/h5-12,19-20H,2-4,13-14H2,1H3. The van der Waals surface area contributed by atoms with Crippen LogP contribution in [0.15, 0.2) is 48.5 Å². The van der Waals surface area contributed by atoms with E-state index >= 15 is 0 Å². The van der Waals surface area contributed by atoms with Crippen LogP contribution in [0.1, 0.15) is 31.7 Å². The number of rotatable bonds is 8. The highest BCUT2D eigenvalue weighted by atomic mass is 16.5. The number of benzene rings is 2. The first-order chi connectivity index (χ1) is 10.3. The van der Waals surface area contributed by atoms with Crippen molar-refractivity contribution in [1.29, 1.82) is 0 Å². The Morgan fingerprint density at radius 2 is 1.67 bits per heavy atom. The molecule has 0 spiro atoms. The van der Waals surface area contributed by atoms with Crippen molar-refractivity contribution in [2.45, 2.75) is 32.7 Å². The Kier molecular flexibility index (Phi) is 5.95. The van der Waals surface area contributed by atoms with Crippen LogP contribution >= 0.6 is 0 Å². The van der Waals surface area contributed by atoms with Gasteiger partial charge in [-0.25, -0.2) is 0 Å². The van der Waals surface area contributed by atoms with E-state index in [1.54, 1.807) is 12.1 Å². The molecule has 0 aliphatic heterocycles. The first-order valence-electron chi connectivity index (χ1n) is 7.52. The molecule has 0 bridgehead atoms. The van der Waals surface area contributed by atoms with Gasteiger partial charge in [-0.3, -0.25) is 0 Å². The minimum Gasteiger partial charge on any atom is -0.508 e. The third-order valence-corrected chi connectivity index (χ3v) is 3.30. The highest BCUT2D eigenvalue weighted by Crippen LogP contribution is 2.16. The quantitative estimate of drug-likeness (QED) is 0.551. The Morgan fingerprint density at radius 3 is 2.33 bits per heavy atom. The topological polar surface area (TPSA) is 41.5 Å². The average Bonchev–Trinajstić information content (AvgIpc) is 2.52. The van der Waals surface area contributed by atoms with Crippen molar-refractivity contribution in [3.05, 3.63) is 54.1 Å². The molecule has 0 heterocycles. The van der Waals surface area contributed by atoms with Crippen molar-refractivity contribution in [2.75, 3.05) is 11.9 Å². The predicted octanol–water partition coefficient (Wildman–Crippen LogP) is 4.57. The number of phenolic OH excluding ortho intramolecular Hbond substituents is 1. The molecule has 0 aromatic heterocycles. The molecule has 2 aromatic rings. The van der Waals surface area contributed by atoms with Crippen molar-refractivity contribution < 1.29 is 9.84 Å². The van der Waals surface area contributed by atoms with Crippen LogP contribution in [0.2, 0.25) is 0 Å². The molecule has 0 aliphatic carbocycles. The van der Waals surface area contributed by atoms with E-state index in [0.29, 0.717) is 0 Å². The van der Waals surface area contributed by atoms with Gasteiger partial charge in [0.15, 0.2) is 0 Å². The SMILES string of the molecule is CCCCCOc1ccc(CNc2ccc(O)cc2)cc1. The number of aromatic hydroxyl groups is 1. The van der Waals surface area contributed by atoms with Crippen LogP contribution in [0.3, 0.4) is 0 Å². The fourth-order valence-electron chi connectivity index (χ4n) is 2.03. The monoisotopic (exact) mass is 285 g/mol. The summed E-state index contributed by atoms with van der Waals surface area (Å²) in [7, 11) is 0. The zero-order chi connectivity index (χ0) is 14.9. The fourth-order valence-corrected chi connectivity index (χ4v) is 2.03. The molecule has 2 N–H and O–H groups in total. The molecule has 0 amide bonds. The van der Waals surface area contributed by atoms with Crippen molar-refractivity contribution >= 4 is 5.69 Å². The molecular formula is C18H23NO2. The number of unbranched alkanes of at least 4 members (excludes halogenated alkanes) is 2. The van der Waals surface area contributed by atoms with E-state index < -0.39 is 0 Å². The molecule has 2 aromatic carbocycles. The Bertz CT molecular complexity index is 520. The maximum absolute atomic E-state index is 9.24. The van der Waals surface area contributed by atoms with E-state index in [4.69, 9.17) is 4.74 Å². The van der Waals surface area contributed by atoms with Gasteiger partial charge in [-0.15, -0.1) is 0 Å². The lowest BCUT2D eigenvalue weighted by Crippen LogP contribution is -2.00. The molecule has 0 atom stereocenters. The van der Waals surface area contributed by atoms with E-state index in [2.05, 4.69) is 24.4 Å². The summed E-state index contributed by atoms with van der Waals surface area (Å²) in [6.07, 6.45) is 3.54. The third-order valence-electron chi connectivity index (χ3n) is 3.30. The van der Waals surface area contributed by atoms with Crippen LogP contribution in [-0.2, 0) is 6.54 Å². The summed E-state index contributed by atoms with van der Waals surface area (Å²) in [5.74, 6) is 1.21. The molecule has 2 rings (SSSR count). The number of phenols is 1. The second-order valence-corrected chi connectivity index (χ2v) is 5.10. The smallest absolute Gasteiger partial charge is 0.119 e. The summed E-state index contributed by atoms with van der Waals surface area (Å²) in [4.78, 5) is 0. The minimum absolute atomic E-state index is 0.283. The van der Waals surface area contributed by atoms with Gasteiger partial charge in [-0.05, 0) is 48.4 Å². The van der Waals surface area contributed by atoms with E-state index in [0.717, 1.165) is 31.0 Å². The van der Waals surface area contributed by atoms with Crippen molar-refractivity contribution in [3.8, 4) is 11.5 Å². The number of hydrogen-bond donors (Lipinski definition) is 2. The van der Waals surface area contributed by atoms with Gasteiger partial charge in [-0.2, -0.15) is 0 Å². The lowest BCUT2D eigenvalue weighted by molar-refractivity contribution is 0.306. The van der Waals surface area contributed by atoms with Gasteiger partial charge in [0.05, 0.1) is 6.61 Å². The van der Waals surface area contributed by atoms with Gasteiger partial charge in [0, 0.05) is 12.2 Å². The molecule has 0 saturated carbocycles. The second-order valence-electron chi connectivity index (χ2n) is 5.10. The number of ether oxygens (including phenoxy) is 1. The van der Waals surface area contributed by atoms with E-state index in [9.17, 15) is 5.11 Å². The van der Waals surface area contributed by atoms with Crippen molar-refractivity contribution in [1.82, 2.24) is 0 Å². The van der Waals surface area contributed by atoms with Crippen LogP contribution in [0.25, 0.3) is 0 Å². The lowest BCUT2D eigenvalue weighted by atomic mass is 10.2. The van der Waals surface area contributed by atoms with Gasteiger partial charge in [0.25, 0.3) is 0 Å². The molecular weight excluding hydrogens is 262 g/mol. The number of nitrogens with one attached hydrogen (secondary N) is 1. The van der Waals surface area contributed by atoms with Gasteiger partial charge < -0.3 is 15.2 Å². The van der Waals surface area contributed by atoms with Crippen LogP contribution in [0.4, 0.5) is 5.69 Å². The summed E-state index contributed by atoms with van der Waals surface area (Å²) >= 11 is 0. The summed E-state index contributed by atoms with van der Waals surface area (Å²) in [5.41, 5.74) is 2.19. The highest BCUT2D eigenvalue weighted by Gasteiger charge is 1.97. The zero-order valence-corrected chi connectivity index (χ0v) is 12.5. The largest absolute Gasteiger partial charge is 0.508 e. The molecule has 3 heteroatoms. The molecule has 0 aliphatic rings. The van der Waals surface area contributed by atoms with Crippen molar-refractivity contribution in [2.24, 2.45) is 0 Å². The lowest BCUT2D eigenvalue weighted by Gasteiger charge is -2.09. The zero-order valence-electron chi connectivity index (χ0n) is 12.5. The molecule has 0 radical (unpaired) electrons. The Balaban J connectivity index is 1.78. The molecule has 0 fully saturated rings. The predicted molar refractivity (Wildman–Crippen MR) is 86.9 cm³/mol. The maximum atomic E-state index is 9.24. The van der Waals surface area contributed by atoms with E-state index in [1.165, 1.54) is 18.4 Å². The third kappa shape index (κ3) is 5.38. The Hall–Kier alpha value is -2.16. The Labute approximate surface area is 126 Å². The molecule has 112 valence electrons. The summed E-state index contributed by atoms with van der Waals surface area (Å²) in [5, 5.41) is 12.6. The van der Waals surface area contributed by atoms with Crippen LogP contribution in [-0.4, -0.2) is 11.7 Å². The van der Waals surface area contributed by atoms with E-state index in [-0.39, 0.29) is 5.75 Å². The minimum atomic E-state index is 0.283. The summed E-state index contributed by atoms with van der Waals surface area (Å²) < 4.78 is 5.69.